The summed E-state index contributed by atoms with van der Waals surface area (Å²) in [7, 11) is -4.89. The molecule has 0 saturated carbocycles. The third-order valence-electron chi connectivity index (χ3n) is 2.17. The Balaban J connectivity index is -0.000000195. The van der Waals surface area contributed by atoms with Gasteiger partial charge in [-0.3, -0.25) is 33.5 Å². The molecule has 0 heterocycles. The van der Waals surface area contributed by atoms with E-state index < -0.39 is 57.9 Å². The molecule has 0 aromatic carbocycles. The first-order valence-corrected chi connectivity index (χ1v) is 7.82. The minimum absolute atomic E-state index is 0. The normalized spacial score (nSPS) is 9.75. The second-order valence-electron chi connectivity index (χ2n) is 4.49. The third kappa shape index (κ3) is 37.0. The van der Waals surface area contributed by atoms with Crippen LogP contribution in [0, 0.1) is 0 Å². The number of carboxylic acids is 4. The summed E-state index contributed by atoms with van der Waals surface area (Å²) in [4.78, 5) is 67.3. The summed E-state index contributed by atoms with van der Waals surface area (Å²) >= 11 is 0. The zero-order valence-electron chi connectivity index (χ0n) is 15.1. The molecule has 0 unspecified atom stereocenters. The number of hydrogen-bond donors (Lipinski definition) is 6. The molecule has 0 aliphatic rings. The number of halogens is 1. The minimum atomic E-state index is -4.89. The van der Waals surface area contributed by atoms with E-state index in [1.54, 1.807) is 0 Å². The van der Waals surface area contributed by atoms with Crippen LogP contribution in [0.25, 0.3) is 0 Å². The van der Waals surface area contributed by atoms with Gasteiger partial charge in [0.1, 0.15) is 0 Å². The standard InChI is InChI=1S/C10H16N2O8.ClH.2Na.H3O4P/c13-7(14)3-11(4-8(15)16)1-2-12(5-9(17)18)6-10(19)20;;;;1-5(2,3)4/h1-6H2,(H,13,14)(H,15,16)(H,17,18)(H,19,20);1H;;;(H3,1,2,3,4)/q;;2*+1;/p-2. The van der Waals surface area contributed by atoms with E-state index >= 15 is 0 Å². The Morgan fingerprint density at radius 2 is 0.821 bits per heavy atom. The Hall–Kier alpha value is 0.200. The van der Waals surface area contributed by atoms with Gasteiger partial charge in [0, 0.05) is 13.1 Å². The first-order valence-electron chi connectivity index (χ1n) is 6.29. The van der Waals surface area contributed by atoms with Crippen LogP contribution in [-0.4, -0.2) is 103 Å². The van der Waals surface area contributed by atoms with E-state index in [-0.39, 0.29) is 84.6 Å². The van der Waals surface area contributed by atoms with Gasteiger partial charge >= 0.3 is 83.0 Å². The van der Waals surface area contributed by atoms with Gasteiger partial charge in [-0.05, 0) is 0 Å². The summed E-state index contributed by atoms with van der Waals surface area (Å²) in [6.45, 7) is -2.25. The Morgan fingerprint density at radius 3 is 0.929 bits per heavy atom. The average Bonchev–Trinajstić information content (AvgIpc) is 2.30. The van der Waals surface area contributed by atoms with Gasteiger partial charge in [0.15, 0.2) is 0 Å². The van der Waals surface area contributed by atoms with Crippen LogP contribution in [0.15, 0.2) is 0 Å². The van der Waals surface area contributed by atoms with Crippen LogP contribution < -0.4 is 76.4 Å². The number of nitrogens with zero attached hydrogens (tertiary/aromatic N) is 2. The van der Waals surface area contributed by atoms with Gasteiger partial charge in [-0.2, -0.15) is 0 Å². The van der Waals surface area contributed by atoms with Crippen molar-refractivity contribution in [3.05, 3.63) is 0 Å². The average molecular weight is 471 g/mol. The molecule has 0 aromatic heterocycles. The van der Waals surface area contributed by atoms with E-state index in [2.05, 4.69) is 0 Å². The van der Waals surface area contributed by atoms with Crippen LogP contribution in [0.2, 0.25) is 0 Å². The van der Waals surface area contributed by atoms with E-state index in [1.165, 1.54) is 0 Å². The molecule has 14 nitrogen and oxygen atoms in total. The minimum Gasteiger partial charge on any atom is -1.00 e. The summed E-state index contributed by atoms with van der Waals surface area (Å²) in [5.74, 6) is -4.91. The summed E-state index contributed by atoms with van der Waals surface area (Å²) in [6.07, 6.45) is 0. The summed E-state index contributed by atoms with van der Waals surface area (Å²) in [5.41, 5.74) is 0. The quantitative estimate of drug-likeness (QED) is 0.121. The van der Waals surface area contributed by atoms with Crippen molar-refractivity contribution in [3.63, 3.8) is 0 Å². The van der Waals surface area contributed by atoms with Crippen molar-refractivity contribution >= 4 is 31.7 Å². The molecule has 0 spiro atoms. The van der Waals surface area contributed by atoms with Crippen molar-refractivity contribution in [2.75, 3.05) is 39.3 Å². The predicted octanol–water partition coefficient (Wildman–Crippen LogP) is -12.6. The maximum Gasteiger partial charge on any atom is 1.00 e. The second-order valence-corrected chi connectivity index (χ2v) is 5.47. The van der Waals surface area contributed by atoms with Crippen molar-refractivity contribution in [2.45, 2.75) is 0 Å². The van der Waals surface area contributed by atoms with Crippen molar-refractivity contribution in [1.82, 2.24) is 9.80 Å². The molecule has 0 bridgehead atoms. The molecular formula is C10H18ClN2Na2O12P. The molecule has 0 aromatic rings. The van der Waals surface area contributed by atoms with Crippen LogP contribution in [0.3, 0.4) is 0 Å². The number of hydrogen-bond acceptors (Lipinski definition) is 8. The second kappa shape index (κ2) is 20.5. The zero-order valence-corrected chi connectivity index (χ0v) is 20.7. The topological polar surface area (TPSA) is 236 Å². The molecule has 0 atom stereocenters. The molecule has 0 amide bonds. The maximum atomic E-state index is 10.6. The van der Waals surface area contributed by atoms with Gasteiger partial charge in [-0.25, -0.2) is 0 Å². The Labute approximate surface area is 209 Å². The largest absolute Gasteiger partial charge is 1.00 e. The van der Waals surface area contributed by atoms with Gasteiger partial charge < -0.3 is 47.5 Å². The van der Waals surface area contributed by atoms with E-state index in [4.69, 9.17) is 39.7 Å². The van der Waals surface area contributed by atoms with Crippen LogP contribution in [-0.2, 0) is 23.7 Å². The molecular weight excluding hydrogens is 453 g/mol. The molecule has 0 rings (SSSR count). The molecule has 0 radical (unpaired) electrons. The van der Waals surface area contributed by atoms with Crippen LogP contribution in [0.4, 0.5) is 0 Å². The van der Waals surface area contributed by atoms with Gasteiger partial charge in [-0.1, -0.05) is 0 Å². The number of carbonyl (C=O) groups is 4. The molecule has 0 aliphatic carbocycles. The van der Waals surface area contributed by atoms with Crippen molar-refractivity contribution in [2.24, 2.45) is 0 Å². The predicted molar refractivity (Wildman–Crippen MR) is 75.5 cm³/mol. The van der Waals surface area contributed by atoms with Gasteiger partial charge in [0.2, 0.25) is 0 Å². The summed E-state index contributed by atoms with van der Waals surface area (Å²) < 4.78 is 8.77. The first-order chi connectivity index (χ1) is 11.2. The Kier molecular flexibility index (Phi) is 28.3. The zero-order chi connectivity index (χ0) is 20.2. The van der Waals surface area contributed by atoms with Crippen LogP contribution >= 0.6 is 7.82 Å². The maximum absolute atomic E-state index is 10.6. The number of carboxylic acid groups (broad SMARTS) is 4. The van der Waals surface area contributed by atoms with Crippen molar-refractivity contribution in [1.29, 1.82) is 0 Å². The summed E-state index contributed by atoms with van der Waals surface area (Å²) in [5, 5.41) is 34.5. The third-order valence-corrected chi connectivity index (χ3v) is 2.17. The molecule has 0 saturated heterocycles. The van der Waals surface area contributed by atoms with Gasteiger partial charge in [-0.15, -0.1) is 0 Å². The number of rotatable bonds is 11. The smallest absolute Gasteiger partial charge is 1.00 e. The van der Waals surface area contributed by atoms with E-state index in [0.29, 0.717) is 0 Å². The fourth-order valence-electron chi connectivity index (χ4n) is 1.48. The van der Waals surface area contributed by atoms with Crippen molar-refractivity contribution in [3.8, 4) is 0 Å². The van der Waals surface area contributed by atoms with Crippen LogP contribution in [0.1, 0.15) is 0 Å². The molecule has 6 N–H and O–H groups in total. The Morgan fingerprint density at radius 1 is 0.679 bits per heavy atom. The Bertz CT molecular complexity index is 458. The fourth-order valence-corrected chi connectivity index (χ4v) is 1.48. The van der Waals surface area contributed by atoms with Gasteiger partial charge in [0.25, 0.3) is 7.82 Å². The molecule has 18 heteroatoms. The van der Waals surface area contributed by atoms with E-state index in [9.17, 15) is 19.2 Å². The summed E-state index contributed by atoms with van der Waals surface area (Å²) in [6, 6.07) is 0. The van der Waals surface area contributed by atoms with Gasteiger partial charge in [0.05, 0.1) is 26.2 Å². The molecule has 0 aliphatic heterocycles. The monoisotopic (exact) mass is 470 g/mol. The molecule has 28 heavy (non-hydrogen) atoms. The number of aliphatic carboxylic acids is 4. The van der Waals surface area contributed by atoms with E-state index in [1.807, 2.05) is 0 Å². The van der Waals surface area contributed by atoms with Crippen molar-refractivity contribution < 1.29 is 130 Å². The first kappa shape index (κ1) is 38.8. The fraction of sp³-hybridized carbons (Fsp3) is 0.600. The number of phosphoric acid groups is 1. The molecule has 154 valence electrons. The van der Waals surface area contributed by atoms with E-state index in [0.717, 1.165) is 9.80 Å². The van der Waals surface area contributed by atoms with Crippen LogP contribution in [0.5, 0.6) is 0 Å². The molecule has 0 fully saturated rings. The SMILES string of the molecule is O=C(O)CN(CCN(CC(=O)O)CC(=O)O)CC(=O)O.O=P([O-])(O)O.[Cl-].[Na+].[Na+].